The van der Waals surface area contributed by atoms with Crippen molar-refractivity contribution in [1.29, 1.82) is 0 Å². The first-order valence-corrected chi connectivity index (χ1v) is 4.27. The number of imidazole rings is 1. The van der Waals surface area contributed by atoms with Crippen molar-refractivity contribution in [1.82, 2.24) is 9.55 Å². The lowest BCUT2D eigenvalue weighted by molar-refractivity contribution is 0.415. The number of aromatic nitrogens is 2. The van der Waals surface area contributed by atoms with Crippen molar-refractivity contribution >= 4 is 11.0 Å². The maximum Gasteiger partial charge on any atom is 0.177 e. The summed E-state index contributed by atoms with van der Waals surface area (Å²) in [6.07, 6.45) is 2.93. The lowest BCUT2D eigenvalue weighted by Crippen LogP contribution is -1.90. The summed E-state index contributed by atoms with van der Waals surface area (Å²) in [5.74, 6) is 0.835. The monoisotopic (exact) mass is 175 g/mol. The molecule has 0 saturated heterocycles. The van der Waals surface area contributed by atoms with E-state index in [9.17, 15) is 0 Å². The minimum Gasteiger partial charge on any atom is -0.497 e. The van der Waals surface area contributed by atoms with Gasteiger partial charge in [0.2, 0.25) is 0 Å². The summed E-state index contributed by atoms with van der Waals surface area (Å²) in [6, 6.07) is 5.85. The third-order valence-electron chi connectivity index (χ3n) is 2.08. The molecule has 67 valence electrons. The summed E-state index contributed by atoms with van der Waals surface area (Å²) >= 11 is 0. The number of methoxy groups -OCH3 is 1. The van der Waals surface area contributed by atoms with Gasteiger partial charge in [-0.15, -0.1) is 0 Å². The van der Waals surface area contributed by atoms with Crippen molar-refractivity contribution in [3.63, 3.8) is 0 Å². The van der Waals surface area contributed by atoms with Crippen LogP contribution in [0.25, 0.3) is 11.0 Å². The van der Waals surface area contributed by atoms with Crippen LogP contribution in [0.1, 0.15) is 6.92 Å². The predicted octanol–water partition coefficient (Wildman–Crippen LogP) is 1.86. The second kappa shape index (κ2) is 3.09. The highest BCUT2D eigenvalue weighted by Crippen LogP contribution is 2.18. The number of aryl methyl sites for hydroxylation is 1. The van der Waals surface area contributed by atoms with E-state index in [0.29, 0.717) is 0 Å². The first kappa shape index (κ1) is 8.10. The molecule has 1 radical (unpaired) electrons. The van der Waals surface area contributed by atoms with Gasteiger partial charge in [0.1, 0.15) is 5.75 Å². The second-order valence-corrected chi connectivity index (χ2v) is 2.81. The number of nitrogens with zero attached hydrogens (tertiary/aromatic N) is 2. The van der Waals surface area contributed by atoms with Crippen molar-refractivity contribution in [3.05, 3.63) is 24.5 Å². The Kier molecular flexibility index (Phi) is 1.93. The fraction of sp³-hybridized carbons (Fsp3) is 0.300. The van der Waals surface area contributed by atoms with Gasteiger partial charge in [-0.05, 0) is 19.1 Å². The van der Waals surface area contributed by atoms with E-state index in [1.54, 1.807) is 7.11 Å². The lowest BCUT2D eigenvalue weighted by Gasteiger charge is -2.00. The SMILES string of the molecule is CCn1[c]nc2cc(OC)ccc21. The quantitative estimate of drug-likeness (QED) is 0.696. The van der Waals surface area contributed by atoms with Crippen LogP contribution in [0.4, 0.5) is 0 Å². The van der Waals surface area contributed by atoms with E-state index >= 15 is 0 Å². The van der Waals surface area contributed by atoms with Gasteiger partial charge >= 0.3 is 0 Å². The Morgan fingerprint density at radius 2 is 2.38 bits per heavy atom. The van der Waals surface area contributed by atoms with Gasteiger partial charge in [-0.1, -0.05) is 0 Å². The van der Waals surface area contributed by atoms with Crippen LogP contribution in [0.3, 0.4) is 0 Å². The first-order valence-electron chi connectivity index (χ1n) is 4.27. The average molecular weight is 175 g/mol. The smallest absolute Gasteiger partial charge is 0.177 e. The van der Waals surface area contributed by atoms with Crippen molar-refractivity contribution in [2.24, 2.45) is 0 Å². The molecule has 0 N–H and O–H groups in total. The van der Waals surface area contributed by atoms with Crippen molar-refractivity contribution in [3.8, 4) is 5.75 Å². The fourth-order valence-electron chi connectivity index (χ4n) is 1.36. The van der Waals surface area contributed by atoms with Gasteiger partial charge in [-0.2, -0.15) is 0 Å². The van der Waals surface area contributed by atoms with Crippen LogP contribution in [0.2, 0.25) is 0 Å². The largest absolute Gasteiger partial charge is 0.497 e. The molecule has 2 aromatic rings. The number of rotatable bonds is 2. The van der Waals surface area contributed by atoms with E-state index in [-0.39, 0.29) is 0 Å². The molecule has 0 aliphatic carbocycles. The van der Waals surface area contributed by atoms with Crippen molar-refractivity contribution in [2.75, 3.05) is 7.11 Å². The average Bonchev–Trinajstić information content (AvgIpc) is 2.59. The molecule has 0 bridgehead atoms. The predicted molar refractivity (Wildman–Crippen MR) is 50.8 cm³/mol. The molecule has 0 unspecified atom stereocenters. The van der Waals surface area contributed by atoms with Crippen LogP contribution in [0.15, 0.2) is 18.2 Å². The standard InChI is InChI=1S/C10H11N2O/c1-3-12-7-11-9-6-8(13-2)4-5-10(9)12/h4-6H,3H2,1-2H3. The van der Waals surface area contributed by atoms with Crippen molar-refractivity contribution < 1.29 is 4.74 Å². The van der Waals surface area contributed by atoms with Gasteiger partial charge < -0.3 is 9.30 Å². The summed E-state index contributed by atoms with van der Waals surface area (Å²) in [4.78, 5) is 4.16. The maximum absolute atomic E-state index is 5.10. The molecule has 0 atom stereocenters. The molecule has 1 aromatic carbocycles. The minimum absolute atomic E-state index is 0.835. The molecule has 2 rings (SSSR count). The first-order chi connectivity index (χ1) is 6.35. The Morgan fingerprint density at radius 1 is 1.54 bits per heavy atom. The molecular weight excluding hydrogens is 164 g/mol. The topological polar surface area (TPSA) is 27.1 Å². The zero-order chi connectivity index (χ0) is 9.26. The van der Waals surface area contributed by atoms with Gasteiger partial charge in [0.15, 0.2) is 6.33 Å². The van der Waals surface area contributed by atoms with Crippen LogP contribution in [0.5, 0.6) is 5.75 Å². The summed E-state index contributed by atoms with van der Waals surface area (Å²) in [5.41, 5.74) is 2.03. The van der Waals surface area contributed by atoms with Crippen molar-refractivity contribution in [2.45, 2.75) is 13.5 Å². The molecule has 3 nitrogen and oxygen atoms in total. The van der Waals surface area contributed by atoms with E-state index in [4.69, 9.17) is 4.74 Å². The molecule has 13 heavy (non-hydrogen) atoms. The summed E-state index contributed by atoms with van der Waals surface area (Å²) in [7, 11) is 1.65. The zero-order valence-electron chi connectivity index (χ0n) is 7.74. The van der Waals surface area contributed by atoms with Crippen LogP contribution in [-0.4, -0.2) is 16.7 Å². The highest BCUT2D eigenvalue weighted by molar-refractivity contribution is 5.76. The molecule has 1 aromatic heterocycles. The molecular formula is C10H11N2O. The second-order valence-electron chi connectivity index (χ2n) is 2.81. The van der Waals surface area contributed by atoms with Crippen LogP contribution < -0.4 is 4.74 Å². The lowest BCUT2D eigenvalue weighted by atomic mass is 10.3. The molecule has 1 heterocycles. The highest BCUT2D eigenvalue weighted by Gasteiger charge is 2.02. The molecule has 3 heteroatoms. The third kappa shape index (κ3) is 1.26. The van der Waals surface area contributed by atoms with E-state index in [0.717, 1.165) is 23.3 Å². The minimum atomic E-state index is 0.835. The molecule has 0 aliphatic heterocycles. The Balaban J connectivity index is 2.61. The summed E-state index contributed by atoms with van der Waals surface area (Å²) in [5, 5.41) is 0. The highest BCUT2D eigenvalue weighted by atomic mass is 16.5. The Labute approximate surface area is 77.0 Å². The number of hydrogen-bond donors (Lipinski definition) is 0. The van der Waals surface area contributed by atoms with E-state index in [2.05, 4.69) is 18.2 Å². The number of ether oxygens (including phenoxy) is 1. The van der Waals surface area contributed by atoms with E-state index in [1.165, 1.54) is 0 Å². The fourth-order valence-corrected chi connectivity index (χ4v) is 1.36. The van der Waals surface area contributed by atoms with Gasteiger partial charge in [0.05, 0.1) is 18.1 Å². The van der Waals surface area contributed by atoms with Crippen LogP contribution >= 0.6 is 0 Å². The molecule has 0 saturated carbocycles. The normalized spacial score (nSPS) is 10.6. The maximum atomic E-state index is 5.10. The third-order valence-corrected chi connectivity index (χ3v) is 2.08. The molecule has 0 spiro atoms. The van der Waals surface area contributed by atoms with E-state index in [1.807, 2.05) is 22.8 Å². The number of fused-ring (bicyclic) bond motifs is 1. The van der Waals surface area contributed by atoms with Gasteiger partial charge in [-0.3, -0.25) is 0 Å². The number of hydrogen-bond acceptors (Lipinski definition) is 2. The Hall–Kier alpha value is -1.51. The molecule has 0 aliphatic rings. The van der Waals surface area contributed by atoms with Gasteiger partial charge in [0.25, 0.3) is 0 Å². The van der Waals surface area contributed by atoms with Gasteiger partial charge in [0, 0.05) is 12.6 Å². The summed E-state index contributed by atoms with van der Waals surface area (Å²) < 4.78 is 7.08. The molecule has 0 amide bonds. The molecule has 0 fully saturated rings. The number of benzene rings is 1. The van der Waals surface area contributed by atoms with Crippen LogP contribution in [0, 0.1) is 6.33 Å². The Bertz CT molecular complexity index is 420. The van der Waals surface area contributed by atoms with E-state index < -0.39 is 0 Å². The van der Waals surface area contributed by atoms with Gasteiger partial charge in [-0.25, -0.2) is 4.98 Å². The zero-order valence-corrected chi connectivity index (χ0v) is 7.74. The summed E-state index contributed by atoms with van der Waals surface area (Å²) in [6.45, 7) is 2.96. The Morgan fingerprint density at radius 3 is 3.08 bits per heavy atom. The van der Waals surface area contributed by atoms with Crippen LogP contribution in [-0.2, 0) is 6.54 Å².